The van der Waals surface area contributed by atoms with Gasteiger partial charge in [0.2, 0.25) is 0 Å². The topological polar surface area (TPSA) is 45.7 Å². The van der Waals surface area contributed by atoms with Crippen LogP contribution >= 0.6 is 22.9 Å². The van der Waals surface area contributed by atoms with E-state index in [0.29, 0.717) is 46.7 Å². The van der Waals surface area contributed by atoms with Gasteiger partial charge >= 0.3 is 0 Å². The van der Waals surface area contributed by atoms with Crippen molar-refractivity contribution in [3.63, 3.8) is 0 Å². The van der Waals surface area contributed by atoms with Crippen LogP contribution in [0.1, 0.15) is 10.4 Å². The number of hydrogen-bond acceptors (Lipinski definition) is 5. The molecule has 0 radical (unpaired) electrons. The van der Waals surface area contributed by atoms with E-state index in [1.807, 2.05) is 0 Å². The van der Waals surface area contributed by atoms with Crippen LogP contribution in [0.4, 0.5) is 13.9 Å². The van der Waals surface area contributed by atoms with Crippen molar-refractivity contribution in [1.29, 1.82) is 0 Å². The second-order valence-electron chi connectivity index (χ2n) is 6.62. The largest absolute Gasteiger partial charge is 0.379 e. The van der Waals surface area contributed by atoms with Gasteiger partial charge in [0, 0.05) is 32.2 Å². The van der Waals surface area contributed by atoms with Crippen molar-refractivity contribution in [1.82, 2.24) is 9.88 Å². The fourth-order valence-electron chi connectivity index (χ4n) is 3.19. The Hall–Kier alpha value is -2.13. The molecule has 0 aliphatic carbocycles. The minimum Gasteiger partial charge on any atom is -0.379 e. The molecule has 0 unspecified atom stereocenters. The Kier molecular flexibility index (Phi) is 6.05. The molecule has 0 saturated carbocycles. The van der Waals surface area contributed by atoms with Gasteiger partial charge in [-0.05, 0) is 18.2 Å². The Bertz CT molecular complexity index is 1040. The number of fused-ring (bicyclic) bond motifs is 1. The van der Waals surface area contributed by atoms with E-state index < -0.39 is 11.6 Å². The standard InChI is InChI=1S/C20H18ClF2N3O2S/c21-15-4-2-1-3-14(15)19(27)26(6-5-25-7-9-28-10-8-25)20-24-18-16(23)11-13(22)12-17(18)29-20/h1-4,11-12H,5-10H2. The lowest BCUT2D eigenvalue weighted by Crippen LogP contribution is -2.43. The van der Waals surface area contributed by atoms with Crippen molar-refractivity contribution in [2.75, 3.05) is 44.3 Å². The molecule has 0 bridgehead atoms. The zero-order valence-corrected chi connectivity index (χ0v) is 17.0. The summed E-state index contributed by atoms with van der Waals surface area (Å²) in [6.07, 6.45) is 0. The molecule has 1 amide bonds. The predicted molar refractivity (Wildman–Crippen MR) is 110 cm³/mol. The van der Waals surface area contributed by atoms with Crippen LogP contribution < -0.4 is 4.90 Å². The number of amides is 1. The molecule has 1 aromatic heterocycles. The summed E-state index contributed by atoms with van der Waals surface area (Å²) >= 11 is 7.30. The third-order valence-corrected chi connectivity index (χ3v) is 6.08. The molecule has 29 heavy (non-hydrogen) atoms. The van der Waals surface area contributed by atoms with Gasteiger partial charge in [-0.1, -0.05) is 35.1 Å². The molecule has 1 saturated heterocycles. The van der Waals surface area contributed by atoms with Crippen molar-refractivity contribution < 1.29 is 18.3 Å². The van der Waals surface area contributed by atoms with Crippen LogP contribution in [-0.4, -0.2) is 55.2 Å². The van der Waals surface area contributed by atoms with Crippen LogP contribution in [-0.2, 0) is 4.74 Å². The lowest BCUT2D eigenvalue weighted by molar-refractivity contribution is 0.0391. The monoisotopic (exact) mass is 437 g/mol. The molecular weight excluding hydrogens is 420 g/mol. The molecule has 2 aromatic carbocycles. The lowest BCUT2D eigenvalue weighted by atomic mass is 10.2. The normalized spacial score (nSPS) is 15.0. The molecule has 4 rings (SSSR count). The molecule has 0 atom stereocenters. The van der Waals surface area contributed by atoms with Crippen molar-refractivity contribution >= 4 is 44.2 Å². The quantitative estimate of drug-likeness (QED) is 0.600. The number of morpholine rings is 1. The maximum atomic E-state index is 14.1. The highest BCUT2D eigenvalue weighted by molar-refractivity contribution is 7.22. The molecule has 1 aliphatic heterocycles. The average Bonchev–Trinajstić information content (AvgIpc) is 3.13. The van der Waals surface area contributed by atoms with Crippen LogP contribution in [0.15, 0.2) is 36.4 Å². The summed E-state index contributed by atoms with van der Waals surface area (Å²) in [4.78, 5) is 21.2. The van der Waals surface area contributed by atoms with Crippen LogP contribution in [0.25, 0.3) is 10.2 Å². The Labute approximate surface area is 175 Å². The second kappa shape index (κ2) is 8.71. The molecule has 3 aromatic rings. The number of benzene rings is 2. The first-order valence-electron chi connectivity index (χ1n) is 9.15. The minimum atomic E-state index is -0.749. The average molecular weight is 438 g/mol. The maximum absolute atomic E-state index is 14.1. The highest BCUT2D eigenvalue weighted by Crippen LogP contribution is 2.32. The van der Waals surface area contributed by atoms with Gasteiger partial charge in [0.05, 0.1) is 28.5 Å². The van der Waals surface area contributed by atoms with E-state index in [4.69, 9.17) is 16.3 Å². The second-order valence-corrected chi connectivity index (χ2v) is 8.04. The van der Waals surface area contributed by atoms with Gasteiger partial charge in [-0.15, -0.1) is 0 Å². The highest BCUT2D eigenvalue weighted by atomic mass is 35.5. The van der Waals surface area contributed by atoms with E-state index >= 15 is 0 Å². The van der Waals surface area contributed by atoms with E-state index in [-0.39, 0.29) is 11.4 Å². The third kappa shape index (κ3) is 4.40. The van der Waals surface area contributed by atoms with E-state index in [9.17, 15) is 13.6 Å². The summed E-state index contributed by atoms with van der Waals surface area (Å²) in [5.74, 6) is -1.76. The summed E-state index contributed by atoms with van der Waals surface area (Å²) in [7, 11) is 0. The van der Waals surface area contributed by atoms with Crippen LogP contribution in [0.5, 0.6) is 0 Å². The number of ether oxygens (including phenoxy) is 1. The molecule has 2 heterocycles. The van der Waals surface area contributed by atoms with Crippen molar-refractivity contribution in [2.24, 2.45) is 0 Å². The summed E-state index contributed by atoms with van der Waals surface area (Å²) in [5.41, 5.74) is 0.386. The van der Waals surface area contributed by atoms with Gasteiger partial charge < -0.3 is 4.74 Å². The number of hydrogen-bond donors (Lipinski definition) is 0. The number of aromatic nitrogens is 1. The lowest BCUT2D eigenvalue weighted by Gasteiger charge is -2.29. The van der Waals surface area contributed by atoms with Crippen molar-refractivity contribution in [3.05, 3.63) is 58.6 Å². The Morgan fingerprint density at radius 1 is 1.24 bits per heavy atom. The summed E-state index contributed by atoms with van der Waals surface area (Å²) in [6, 6.07) is 8.77. The first-order chi connectivity index (χ1) is 14.0. The van der Waals surface area contributed by atoms with Crippen LogP contribution in [0.2, 0.25) is 5.02 Å². The number of halogens is 3. The number of carbonyl (C=O) groups is 1. The van der Waals surface area contributed by atoms with Crippen molar-refractivity contribution in [2.45, 2.75) is 0 Å². The van der Waals surface area contributed by atoms with Gasteiger partial charge in [-0.2, -0.15) is 0 Å². The third-order valence-electron chi connectivity index (χ3n) is 4.73. The molecule has 0 spiro atoms. The molecule has 1 fully saturated rings. The van der Waals surface area contributed by atoms with Gasteiger partial charge in [0.1, 0.15) is 11.3 Å². The first kappa shape index (κ1) is 20.2. The first-order valence-corrected chi connectivity index (χ1v) is 10.3. The number of thiazole rings is 1. The number of anilines is 1. The molecule has 0 N–H and O–H groups in total. The fourth-order valence-corrected chi connectivity index (χ4v) is 4.44. The van der Waals surface area contributed by atoms with E-state index in [0.717, 1.165) is 30.5 Å². The smallest absolute Gasteiger partial charge is 0.261 e. The summed E-state index contributed by atoms with van der Waals surface area (Å²) in [5, 5.41) is 0.634. The van der Waals surface area contributed by atoms with Gasteiger partial charge in [-0.3, -0.25) is 14.6 Å². The van der Waals surface area contributed by atoms with E-state index in [1.165, 1.54) is 11.0 Å². The minimum absolute atomic E-state index is 0.0507. The summed E-state index contributed by atoms with van der Waals surface area (Å²) in [6.45, 7) is 3.77. The molecule has 1 aliphatic rings. The molecular formula is C20H18ClF2N3O2S. The zero-order valence-electron chi connectivity index (χ0n) is 15.4. The van der Waals surface area contributed by atoms with Gasteiger partial charge in [0.15, 0.2) is 10.9 Å². The number of rotatable bonds is 5. The maximum Gasteiger partial charge on any atom is 0.261 e. The molecule has 5 nitrogen and oxygen atoms in total. The predicted octanol–water partition coefficient (Wildman–Crippen LogP) is 4.21. The van der Waals surface area contributed by atoms with Gasteiger partial charge in [0.25, 0.3) is 5.91 Å². The Morgan fingerprint density at radius 2 is 2.00 bits per heavy atom. The van der Waals surface area contributed by atoms with E-state index in [1.54, 1.807) is 24.3 Å². The molecule has 152 valence electrons. The van der Waals surface area contributed by atoms with Crippen LogP contribution in [0, 0.1) is 11.6 Å². The van der Waals surface area contributed by atoms with Crippen LogP contribution in [0.3, 0.4) is 0 Å². The molecule has 9 heteroatoms. The Morgan fingerprint density at radius 3 is 2.76 bits per heavy atom. The highest BCUT2D eigenvalue weighted by Gasteiger charge is 2.25. The SMILES string of the molecule is O=C(c1ccccc1Cl)N(CCN1CCOCC1)c1nc2c(F)cc(F)cc2s1. The number of nitrogens with zero attached hydrogens (tertiary/aromatic N) is 3. The zero-order chi connectivity index (χ0) is 20.4. The Balaban J connectivity index is 1.68. The van der Waals surface area contributed by atoms with Gasteiger partial charge in [-0.25, -0.2) is 13.8 Å². The number of carbonyl (C=O) groups excluding carboxylic acids is 1. The summed E-state index contributed by atoms with van der Waals surface area (Å²) < 4.78 is 33.5. The van der Waals surface area contributed by atoms with E-state index in [2.05, 4.69) is 9.88 Å². The van der Waals surface area contributed by atoms with Crippen molar-refractivity contribution in [3.8, 4) is 0 Å². The fraction of sp³-hybridized carbons (Fsp3) is 0.300.